The molecule has 0 unspecified atom stereocenters. The third kappa shape index (κ3) is 10.3. The predicted octanol–water partition coefficient (Wildman–Crippen LogP) is 6.53. The van der Waals surface area contributed by atoms with E-state index in [9.17, 15) is 19.8 Å². The molecule has 0 spiro atoms. The smallest absolute Gasteiger partial charge is 0.335 e. The van der Waals surface area contributed by atoms with Crippen LogP contribution in [-0.4, -0.2) is 155 Å². The molecule has 3 aliphatic heterocycles. The van der Waals surface area contributed by atoms with Gasteiger partial charge >= 0.3 is 17.1 Å². The van der Waals surface area contributed by atoms with E-state index in [0.29, 0.717) is 28.3 Å². The van der Waals surface area contributed by atoms with Gasteiger partial charge in [0.15, 0.2) is 57.8 Å². The molecule has 21 nitrogen and oxygen atoms in total. The Labute approximate surface area is 417 Å². The van der Waals surface area contributed by atoms with E-state index in [1.54, 1.807) is 56.2 Å². The zero-order chi connectivity index (χ0) is 53.0. The highest BCUT2D eigenvalue weighted by Gasteiger charge is 2.65. The van der Waals surface area contributed by atoms with Crippen LogP contribution >= 0.6 is 0 Å². The Morgan fingerprint density at radius 2 is 1.14 bits per heavy atom. The van der Waals surface area contributed by atoms with Gasteiger partial charge in [-0.05, 0) is 36.0 Å². The summed E-state index contributed by atoms with van der Waals surface area (Å²) in [4.78, 5) is 54.7. The number of aliphatic hydroxyl groups excluding tert-OH is 2. The van der Waals surface area contributed by atoms with Crippen molar-refractivity contribution >= 4 is 74.8 Å². The molecule has 4 N–H and O–H groups in total. The van der Waals surface area contributed by atoms with Crippen LogP contribution in [0.2, 0.25) is 22.2 Å². The quantitative estimate of drug-likeness (QED) is 0.104. The van der Waals surface area contributed by atoms with E-state index in [-0.39, 0.29) is 70.0 Å². The first-order valence-electron chi connectivity index (χ1n) is 24.4. The summed E-state index contributed by atoms with van der Waals surface area (Å²) < 4.78 is 68.7. The summed E-state index contributed by atoms with van der Waals surface area (Å²) in [7, 11) is 1.27. The second kappa shape index (κ2) is 20.9. The van der Waals surface area contributed by atoms with E-state index in [2.05, 4.69) is 95.9 Å². The Hall–Kier alpha value is -4.35. The number of aromatic nitrogens is 8. The summed E-state index contributed by atoms with van der Waals surface area (Å²) in [6.07, 6.45) is -3.72. The van der Waals surface area contributed by atoms with Crippen LogP contribution < -0.4 is 20.4 Å². The molecular formula is C46H76F2N12O9Si2. The van der Waals surface area contributed by atoms with Crippen molar-refractivity contribution in [2.45, 2.75) is 167 Å². The number of carbonyl (C=O) groups is 2. The lowest BCUT2D eigenvalue weighted by Crippen LogP contribution is -2.66. The van der Waals surface area contributed by atoms with Gasteiger partial charge in [0.2, 0.25) is 23.7 Å². The summed E-state index contributed by atoms with van der Waals surface area (Å²) >= 11 is 0. The van der Waals surface area contributed by atoms with Crippen LogP contribution in [0.1, 0.15) is 109 Å². The van der Waals surface area contributed by atoms with Gasteiger partial charge in [0.05, 0.1) is 25.9 Å². The highest BCUT2D eigenvalue weighted by atomic mass is 28.5. The van der Waals surface area contributed by atoms with Crippen molar-refractivity contribution in [2.75, 3.05) is 61.8 Å². The monoisotopic (exact) mass is 1030 g/mol. The minimum Gasteiger partial charge on any atom is -0.414 e. The van der Waals surface area contributed by atoms with Gasteiger partial charge in [0.1, 0.15) is 24.4 Å². The molecule has 4 aromatic heterocycles. The number of hydrogen-bond acceptors (Lipinski definition) is 17. The number of aliphatic hydroxyl groups is 2. The van der Waals surface area contributed by atoms with Gasteiger partial charge in [-0.1, -0.05) is 83.1 Å². The van der Waals surface area contributed by atoms with Crippen LogP contribution in [0, 0.1) is 11.8 Å². The Balaban J connectivity index is 0.000000254. The number of carbonyl (C=O) groups excluding carboxylic acids is 2. The Kier molecular flexibility index (Phi) is 16.5. The molecule has 2 amide bonds. The van der Waals surface area contributed by atoms with E-state index in [1.165, 1.54) is 31.1 Å². The van der Waals surface area contributed by atoms with Crippen molar-refractivity contribution in [3.05, 3.63) is 12.7 Å². The highest BCUT2D eigenvalue weighted by Crippen LogP contribution is 2.52. The van der Waals surface area contributed by atoms with Crippen LogP contribution in [0.15, 0.2) is 12.7 Å². The lowest BCUT2D eigenvalue weighted by molar-refractivity contribution is -0.119. The van der Waals surface area contributed by atoms with Crippen LogP contribution in [-0.2, 0) is 32.0 Å². The molecule has 0 radical (unpaired) electrons. The molecule has 0 bridgehead atoms. The first-order chi connectivity index (χ1) is 33.0. The summed E-state index contributed by atoms with van der Waals surface area (Å²) in [5, 5.41) is 24.9. The maximum absolute atomic E-state index is 17.4. The van der Waals surface area contributed by atoms with E-state index < -0.39 is 71.9 Å². The molecule has 7 rings (SSSR count). The average molecular weight is 1040 g/mol. The van der Waals surface area contributed by atoms with Crippen LogP contribution in [0.25, 0.3) is 22.3 Å². The van der Waals surface area contributed by atoms with Crippen LogP contribution in [0.4, 0.5) is 32.3 Å². The minimum absolute atomic E-state index is 0.0469. The molecule has 3 fully saturated rings. The Morgan fingerprint density at radius 3 is 1.51 bits per heavy atom. The van der Waals surface area contributed by atoms with Gasteiger partial charge in [-0.25, -0.2) is 18.7 Å². The fraction of sp³-hybridized carbons (Fsp3) is 0.739. The number of rotatable bonds is 13. The number of amides is 2. The zero-order valence-corrected chi connectivity index (χ0v) is 46.5. The maximum atomic E-state index is 17.4. The van der Waals surface area contributed by atoms with Crippen molar-refractivity contribution < 1.29 is 51.0 Å². The summed E-state index contributed by atoms with van der Waals surface area (Å²) in [5.41, 5.74) is -2.34. The molecule has 0 aliphatic carbocycles. The van der Waals surface area contributed by atoms with Crippen molar-refractivity contribution in [3.8, 4) is 0 Å². The van der Waals surface area contributed by atoms with Gasteiger partial charge in [0.25, 0.3) is 0 Å². The highest BCUT2D eigenvalue weighted by molar-refractivity contribution is 6.84. The number of imidazole rings is 2. The number of ether oxygens (including phenoxy) is 2. The molecule has 4 aromatic rings. The van der Waals surface area contributed by atoms with Crippen molar-refractivity contribution in [2.24, 2.45) is 11.8 Å². The van der Waals surface area contributed by atoms with Crippen molar-refractivity contribution in [1.82, 2.24) is 39.0 Å². The van der Waals surface area contributed by atoms with Crippen molar-refractivity contribution in [3.63, 3.8) is 0 Å². The number of fused-ring (bicyclic) bond motifs is 3. The number of halogens is 2. The molecule has 25 heteroatoms. The second-order valence-electron chi connectivity index (χ2n) is 21.5. The zero-order valence-electron chi connectivity index (χ0n) is 44.5. The third-order valence-corrected chi connectivity index (χ3v) is 23.8. The SMILES string of the molecule is CC(C)C(=O)Nc1nc(N(C)C)c2ncn([C@@H]3O[C@@H]4CO[Si](C(C)C)(C(C)C)O[Si](C(C)C)(C(C)C)O[C@H]4[C@@]3(C)F)c2n1.CC(C)C(=O)Nc1nc(N(C)C)c2ncn([C@@H]3O[C@H](CO)[C@@H](O)[C@@]3(C)F)c2n1. The molecular weight excluding hydrogens is 959 g/mol. The molecule has 7 heterocycles. The van der Waals surface area contributed by atoms with Crippen LogP contribution in [0.3, 0.4) is 0 Å². The Morgan fingerprint density at radius 1 is 0.718 bits per heavy atom. The fourth-order valence-electron chi connectivity index (χ4n) is 9.41. The standard InChI is InChI=1S/C29H51FN6O5Si2.C17H25FN6O4/c1-16(2)26(37)34-28-32-24(35(12)13)22-25(33-28)36(15-31-22)27-29(11,30)23-21(39-27)14-38-42(17(3)4,18(5)6)41-43(40-23,19(7)8)20(9)10;1-8(2)14(27)22-16-20-12(23(4)5)10-13(21-16)24(7-19-10)15-17(3,18)11(26)9(6-25)28-15/h15-21,23,27H,14H2,1-13H3,(H,32,33,34,37);7-9,11,15,25-26H,6H2,1-5H3,(H,20,21,22,27)/t21-,23-,27-,29-;9-,11-,15-,17-/m11/s1. The number of hydrogen-bond donors (Lipinski definition) is 4. The number of nitrogens with zero attached hydrogens (tertiary/aromatic N) is 10. The van der Waals surface area contributed by atoms with Gasteiger partial charge < -0.3 is 42.5 Å². The average Bonchev–Trinajstić information content (AvgIpc) is 4.00. The topological polar surface area (TPSA) is 238 Å². The van der Waals surface area contributed by atoms with Crippen LogP contribution in [0.5, 0.6) is 0 Å². The molecule has 71 heavy (non-hydrogen) atoms. The Bertz CT molecular complexity index is 2520. The molecule has 396 valence electrons. The molecule has 0 saturated carbocycles. The van der Waals surface area contributed by atoms with Crippen molar-refractivity contribution in [1.29, 1.82) is 0 Å². The van der Waals surface area contributed by atoms with E-state index >= 15 is 8.78 Å². The number of nitrogens with one attached hydrogen (secondary N) is 2. The first-order valence-corrected chi connectivity index (χ1v) is 28.4. The fourth-order valence-corrected chi connectivity index (χ4v) is 20.7. The second-order valence-corrected chi connectivity index (χ2v) is 30.3. The molecule has 3 aliphatic rings. The molecule has 3 saturated heterocycles. The summed E-state index contributed by atoms with van der Waals surface area (Å²) in [5.74, 6) is 0.0563. The predicted molar refractivity (Wildman–Crippen MR) is 270 cm³/mol. The van der Waals surface area contributed by atoms with E-state index in [0.717, 1.165) is 0 Å². The summed E-state index contributed by atoms with van der Waals surface area (Å²) in [6.45, 7) is 26.4. The van der Waals surface area contributed by atoms with Gasteiger partial charge in [-0.3, -0.25) is 29.4 Å². The van der Waals surface area contributed by atoms with Gasteiger partial charge in [-0.15, -0.1) is 0 Å². The maximum Gasteiger partial charge on any atom is 0.335 e. The largest absolute Gasteiger partial charge is 0.414 e. The van der Waals surface area contributed by atoms with Gasteiger partial charge in [-0.2, -0.15) is 19.9 Å². The first kappa shape index (κ1) is 56.0. The molecule has 8 atom stereocenters. The number of anilines is 4. The minimum atomic E-state index is -3.07. The number of alkyl halides is 2. The lowest BCUT2D eigenvalue weighted by atomic mass is 9.98. The third-order valence-electron chi connectivity index (χ3n) is 13.6. The van der Waals surface area contributed by atoms with E-state index in [1.807, 2.05) is 14.1 Å². The van der Waals surface area contributed by atoms with Gasteiger partial charge in [0, 0.05) is 40.0 Å². The lowest BCUT2D eigenvalue weighted by Gasteiger charge is -2.51. The molecule has 0 aromatic carbocycles. The summed E-state index contributed by atoms with van der Waals surface area (Å²) in [6, 6.07) is 0. The normalized spacial score (nSPS) is 27.4. The van der Waals surface area contributed by atoms with E-state index in [4.69, 9.17) is 22.4 Å².